The molecule has 0 fully saturated rings. The molecule has 0 aliphatic carbocycles. The predicted molar refractivity (Wildman–Crippen MR) is 82.9 cm³/mol. The molecule has 0 aliphatic heterocycles. The van der Waals surface area contributed by atoms with Gasteiger partial charge >= 0.3 is 0 Å². The summed E-state index contributed by atoms with van der Waals surface area (Å²) in [6, 6.07) is 5.41. The molecule has 0 aliphatic rings. The van der Waals surface area contributed by atoms with Crippen LogP contribution in [0.5, 0.6) is 0 Å². The second kappa shape index (κ2) is 4.85. The van der Waals surface area contributed by atoms with Gasteiger partial charge in [0.05, 0.1) is 17.6 Å². The van der Waals surface area contributed by atoms with Crippen LogP contribution in [0.15, 0.2) is 28.1 Å². The molecule has 6 heteroatoms. The van der Waals surface area contributed by atoms with Crippen LogP contribution in [0.2, 0.25) is 0 Å². The van der Waals surface area contributed by atoms with E-state index in [4.69, 9.17) is 12.2 Å². The Kier molecular flexibility index (Phi) is 3.32. The topological polar surface area (TPSA) is 20.7 Å². The minimum absolute atomic E-state index is 0.213. The van der Waals surface area contributed by atoms with Crippen molar-refractivity contribution < 1.29 is 4.39 Å². The third kappa shape index (κ3) is 2.40. The van der Waals surface area contributed by atoms with E-state index in [1.807, 2.05) is 16.0 Å². The van der Waals surface area contributed by atoms with Gasteiger partial charge < -0.3 is 9.55 Å². The first kappa shape index (κ1) is 13.0. The van der Waals surface area contributed by atoms with Gasteiger partial charge in [-0.15, -0.1) is 11.3 Å². The summed E-state index contributed by atoms with van der Waals surface area (Å²) in [4.78, 5) is 4.25. The zero-order valence-corrected chi connectivity index (χ0v) is 13.3. The molecular formula is C13H10BrFN2S2. The molecule has 98 valence electrons. The minimum Gasteiger partial charge on any atom is -0.330 e. The number of hydrogen-bond acceptors (Lipinski definition) is 2. The van der Waals surface area contributed by atoms with E-state index >= 15 is 0 Å². The molecule has 2 nitrogen and oxygen atoms in total. The third-order valence-corrected chi connectivity index (χ3v) is 5.00. The van der Waals surface area contributed by atoms with Crippen molar-refractivity contribution in [3.05, 3.63) is 49.1 Å². The highest BCUT2D eigenvalue weighted by molar-refractivity contribution is 9.10. The summed E-state index contributed by atoms with van der Waals surface area (Å²) >= 11 is 10.4. The first-order chi connectivity index (χ1) is 9.04. The lowest BCUT2D eigenvalue weighted by molar-refractivity contribution is 0.620. The number of nitrogens with one attached hydrogen (secondary N) is 1. The van der Waals surface area contributed by atoms with Crippen molar-refractivity contribution in [1.29, 1.82) is 0 Å². The van der Waals surface area contributed by atoms with Gasteiger partial charge in [0.25, 0.3) is 0 Å². The van der Waals surface area contributed by atoms with Crippen molar-refractivity contribution in [3.63, 3.8) is 0 Å². The lowest BCUT2D eigenvalue weighted by Gasteiger charge is -2.03. The molecule has 0 atom stereocenters. The maximum Gasteiger partial charge on any atom is 0.178 e. The molecule has 3 rings (SSSR count). The van der Waals surface area contributed by atoms with Crippen LogP contribution in [-0.2, 0) is 6.54 Å². The number of imidazole rings is 1. The summed E-state index contributed by atoms with van der Waals surface area (Å²) in [5.41, 5.74) is 2.31. The van der Waals surface area contributed by atoms with Crippen LogP contribution >= 0.6 is 39.5 Å². The summed E-state index contributed by atoms with van der Waals surface area (Å²) in [6.07, 6.45) is 0. The average Bonchev–Trinajstić information content (AvgIpc) is 2.87. The minimum atomic E-state index is -0.213. The molecule has 0 unspecified atom stereocenters. The number of fused-ring (bicyclic) bond motifs is 1. The Morgan fingerprint density at radius 3 is 2.89 bits per heavy atom. The zero-order chi connectivity index (χ0) is 13.6. The number of thiophene rings is 1. The van der Waals surface area contributed by atoms with Crippen LogP contribution in [0.3, 0.4) is 0 Å². The summed E-state index contributed by atoms with van der Waals surface area (Å²) < 4.78 is 17.2. The predicted octanol–water partition coefficient (Wildman–Crippen LogP) is 5.02. The standard InChI is InChI=1S/C13H10BrFN2S2/c1-7-2-12-11(4-10(7)15)16-13(18)17(12)5-9-3-8(14)6-19-9/h2-4,6H,5H2,1H3,(H,16,18). The molecule has 0 saturated carbocycles. The number of benzene rings is 1. The molecule has 3 aromatic rings. The Balaban J connectivity index is 2.15. The second-order valence-electron chi connectivity index (χ2n) is 4.37. The summed E-state index contributed by atoms with van der Waals surface area (Å²) in [5.74, 6) is -0.213. The Labute approximate surface area is 127 Å². The van der Waals surface area contributed by atoms with Gasteiger partial charge in [-0.25, -0.2) is 4.39 Å². The van der Waals surface area contributed by atoms with Gasteiger partial charge in [-0.1, -0.05) is 0 Å². The van der Waals surface area contributed by atoms with Crippen LogP contribution in [0.4, 0.5) is 4.39 Å². The van der Waals surface area contributed by atoms with Gasteiger partial charge in [-0.3, -0.25) is 0 Å². The van der Waals surface area contributed by atoms with Crippen LogP contribution in [0.25, 0.3) is 11.0 Å². The fourth-order valence-corrected chi connectivity index (χ4v) is 3.74. The van der Waals surface area contributed by atoms with Gasteiger partial charge in [0, 0.05) is 14.7 Å². The van der Waals surface area contributed by atoms with Gasteiger partial charge in [-0.05, 0) is 58.8 Å². The van der Waals surface area contributed by atoms with E-state index in [2.05, 4.69) is 27.0 Å². The molecule has 1 N–H and O–H groups in total. The van der Waals surface area contributed by atoms with Crippen LogP contribution in [0.1, 0.15) is 10.4 Å². The molecule has 0 radical (unpaired) electrons. The highest BCUT2D eigenvalue weighted by Gasteiger charge is 2.09. The molecule has 1 aromatic carbocycles. The van der Waals surface area contributed by atoms with E-state index in [0.717, 1.165) is 15.5 Å². The first-order valence-electron chi connectivity index (χ1n) is 5.66. The number of halogens is 2. The van der Waals surface area contributed by atoms with Crippen molar-refractivity contribution >= 4 is 50.5 Å². The smallest absolute Gasteiger partial charge is 0.178 e. The molecule has 0 amide bonds. The van der Waals surface area contributed by atoms with E-state index in [1.54, 1.807) is 18.3 Å². The van der Waals surface area contributed by atoms with Crippen molar-refractivity contribution in [2.75, 3.05) is 0 Å². The first-order valence-corrected chi connectivity index (χ1v) is 7.74. The number of aryl methyl sites for hydroxylation is 1. The number of nitrogens with zero attached hydrogens (tertiary/aromatic N) is 1. The van der Waals surface area contributed by atoms with Gasteiger partial charge in [0.1, 0.15) is 5.82 Å². The SMILES string of the molecule is Cc1cc2c(cc1F)[nH]c(=S)n2Cc1cc(Br)cs1. The van der Waals surface area contributed by atoms with Gasteiger partial charge in [0.2, 0.25) is 0 Å². The Morgan fingerprint density at radius 1 is 1.42 bits per heavy atom. The number of aromatic nitrogens is 2. The van der Waals surface area contributed by atoms with Crippen molar-refractivity contribution in [1.82, 2.24) is 9.55 Å². The van der Waals surface area contributed by atoms with Gasteiger partial charge in [0.15, 0.2) is 4.77 Å². The van der Waals surface area contributed by atoms with E-state index in [-0.39, 0.29) is 5.82 Å². The quantitative estimate of drug-likeness (QED) is 0.639. The summed E-state index contributed by atoms with van der Waals surface area (Å²) in [5, 5.41) is 2.04. The number of aromatic amines is 1. The zero-order valence-electron chi connectivity index (χ0n) is 10.0. The summed E-state index contributed by atoms with van der Waals surface area (Å²) in [6.45, 7) is 2.46. The Morgan fingerprint density at radius 2 is 2.21 bits per heavy atom. The van der Waals surface area contributed by atoms with Crippen molar-refractivity contribution in [2.45, 2.75) is 13.5 Å². The van der Waals surface area contributed by atoms with E-state index in [0.29, 0.717) is 16.9 Å². The molecule has 0 spiro atoms. The largest absolute Gasteiger partial charge is 0.330 e. The fourth-order valence-electron chi connectivity index (χ4n) is 2.03. The molecule has 19 heavy (non-hydrogen) atoms. The number of rotatable bonds is 2. The van der Waals surface area contributed by atoms with Gasteiger partial charge in [-0.2, -0.15) is 0 Å². The highest BCUT2D eigenvalue weighted by atomic mass is 79.9. The maximum absolute atomic E-state index is 13.6. The monoisotopic (exact) mass is 356 g/mol. The van der Waals surface area contributed by atoms with E-state index in [1.165, 1.54) is 10.9 Å². The van der Waals surface area contributed by atoms with Crippen LogP contribution in [0, 0.1) is 17.5 Å². The maximum atomic E-state index is 13.6. The fraction of sp³-hybridized carbons (Fsp3) is 0.154. The lowest BCUT2D eigenvalue weighted by atomic mass is 10.2. The van der Waals surface area contributed by atoms with E-state index < -0.39 is 0 Å². The molecule has 2 heterocycles. The highest BCUT2D eigenvalue weighted by Crippen LogP contribution is 2.24. The second-order valence-corrected chi connectivity index (χ2v) is 6.66. The molecule has 0 saturated heterocycles. The lowest BCUT2D eigenvalue weighted by Crippen LogP contribution is -1.98. The summed E-state index contributed by atoms with van der Waals surface area (Å²) in [7, 11) is 0. The Hall–Kier alpha value is -0.980. The molecule has 0 bridgehead atoms. The van der Waals surface area contributed by atoms with Crippen molar-refractivity contribution in [3.8, 4) is 0 Å². The average molecular weight is 357 g/mol. The molecule has 2 aromatic heterocycles. The van der Waals surface area contributed by atoms with Crippen LogP contribution in [-0.4, -0.2) is 9.55 Å². The Bertz CT molecular complexity index is 816. The number of H-pyrrole nitrogens is 1. The number of hydrogen-bond donors (Lipinski definition) is 1. The third-order valence-electron chi connectivity index (χ3n) is 2.99. The van der Waals surface area contributed by atoms with Crippen LogP contribution < -0.4 is 0 Å². The normalized spacial score (nSPS) is 11.3. The van der Waals surface area contributed by atoms with Crippen molar-refractivity contribution in [2.24, 2.45) is 0 Å². The molecular weight excluding hydrogens is 347 g/mol. The van der Waals surface area contributed by atoms with E-state index in [9.17, 15) is 4.39 Å².